The highest BCUT2D eigenvalue weighted by Crippen LogP contribution is 2.27. The fraction of sp³-hybridized carbons (Fsp3) is 0.938. The van der Waals surface area contributed by atoms with Crippen LogP contribution in [-0.4, -0.2) is 53.7 Å². The van der Waals surface area contributed by atoms with E-state index in [1.807, 2.05) is 25.7 Å². The number of hydrogen-bond donors (Lipinski definition) is 0. The summed E-state index contributed by atoms with van der Waals surface area (Å²) in [5, 5.41) is 0. The quantitative estimate of drug-likeness (QED) is 0.741. The molecule has 0 aromatic carbocycles. The minimum absolute atomic E-state index is 0.158. The molecular weight excluding hydrogens is 252 g/mol. The maximum absolute atomic E-state index is 12.0. The normalized spacial score (nSPS) is 29.3. The number of carbonyl (C=O) groups excluding carboxylic acids is 1. The van der Waals surface area contributed by atoms with E-state index in [1.165, 1.54) is 25.7 Å². The predicted octanol–water partition coefficient (Wildman–Crippen LogP) is 3.12. The van der Waals surface area contributed by atoms with Crippen molar-refractivity contribution in [3.8, 4) is 0 Å². The van der Waals surface area contributed by atoms with Crippen molar-refractivity contribution in [1.82, 2.24) is 9.80 Å². The molecule has 2 rings (SSSR count). The predicted molar refractivity (Wildman–Crippen MR) is 80.8 cm³/mol. The van der Waals surface area contributed by atoms with Crippen molar-refractivity contribution in [2.75, 3.05) is 26.2 Å². The molecule has 2 aliphatic rings. The fourth-order valence-electron chi connectivity index (χ4n) is 3.20. The zero-order chi connectivity index (χ0) is 14.8. The topological polar surface area (TPSA) is 32.8 Å². The van der Waals surface area contributed by atoms with E-state index in [0.717, 1.165) is 38.1 Å². The van der Waals surface area contributed by atoms with Gasteiger partial charge in [0.2, 0.25) is 0 Å². The van der Waals surface area contributed by atoms with Crippen LogP contribution in [0.25, 0.3) is 0 Å². The number of nitrogens with zero attached hydrogens (tertiary/aromatic N) is 2. The van der Waals surface area contributed by atoms with Gasteiger partial charge in [-0.05, 0) is 52.4 Å². The Balaban J connectivity index is 1.76. The number of ether oxygens (including phenoxy) is 1. The van der Waals surface area contributed by atoms with Crippen LogP contribution in [0.1, 0.15) is 53.4 Å². The third kappa shape index (κ3) is 4.37. The van der Waals surface area contributed by atoms with E-state index < -0.39 is 5.60 Å². The smallest absolute Gasteiger partial charge is 0.410 e. The number of carbonyl (C=O) groups is 1. The largest absolute Gasteiger partial charge is 0.444 e. The summed E-state index contributed by atoms with van der Waals surface area (Å²) in [7, 11) is 0. The summed E-state index contributed by atoms with van der Waals surface area (Å²) in [6, 6.07) is 0.743. The summed E-state index contributed by atoms with van der Waals surface area (Å²) in [5.41, 5.74) is -0.395. The molecule has 0 aromatic heterocycles. The summed E-state index contributed by atoms with van der Waals surface area (Å²) in [6.07, 6.45) is 5.21. The van der Waals surface area contributed by atoms with Gasteiger partial charge in [0, 0.05) is 32.2 Å². The third-order valence-electron chi connectivity index (χ3n) is 4.47. The molecule has 1 aliphatic carbocycles. The lowest BCUT2D eigenvalue weighted by atomic mass is 9.86. The highest BCUT2D eigenvalue weighted by molar-refractivity contribution is 5.68. The van der Waals surface area contributed by atoms with Crippen LogP contribution < -0.4 is 0 Å². The Morgan fingerprint density at radius 1 is 1.00 bits per heavy atom. The first-order valence-corrected chi connectivity index (χ1v) is 8.07. The lowest BCUT2D eigenvalue weighted by molar-refractivity contribution is 0.00739. The Kier molecular flexibility index (Phi) is 4.95. The lowest BCUT2D eigenvalue weighted by Gasteiger charge is -2.41. The van der Waals surface area contributed by atoms with E-state index in [4.69, 9.17) is 4.74 Å². The molecule has 4 nitrogen and oxygen atoms in total. The second-order valence-electron chi connectivity index (χ2n) is 7.42. The van der Waals surface area contributed by atoms with Crippen molar-refractivity contribution in [1.29, 1.82) is 0 Å². The van der Waals surface area contributed by atoms with Crippen molar-refractivity contribution in [3.05, 3.63) is 0 Å². The summed E-state index contributed by atoms with van der Waals surface area (Å²) in [5.74, 6) is 0.898. The van der Waals surface area contributed by atoms with Gasteiger partial charge in [0.1, 0.15) is 5.60 Å². The minimum Gasteiger partial charge on any atom is -0.444 e. The molecule has 0 aromatic rings. The third-order valence-corrected chi connectivity index (χ3v) is 4.47. The van der Waals surface area contributed by atoms with E-state index in [1.54, 1.807) is 0 Å². The average Bonchev–Trinajstić information content (AvgIpc) is 2.38. The van der Waals surface area contributed by atoms with Crippen molar-refractivity contribution < 1.29 is 9.53 Å². The summed E-state index contributed by atoms with van der Waals surface area (Å²) < 4.78 is 5.44. The molecule has 0 spiro atoms. The standard InChI is InChI=1S/C16H30N2O2/c1-13-5-7-14(8-6-13)17-9-11-18(12-10-17)15(19)20-16(2,3)4/h13-14H,5-12H2,1-4H3/t13-,14+. The van der Waals surface area contributed by atoms with Crippen molar-refractivity contribution in [3.63, 3.8) is 0 Å². The van der Waals surface area contributed by atoms with Gasteiger partial charge in [-0.25, -0.2) is 4.79 Å². The second-order valence-corrected chi connectivity index (χ2v) is 7.42. The molecular formula is C16H30N2O2. The molecule has 0 unspecified atom stereocenters. The molecule has 20 heavy (non-hydrogen) atoms. The van der Waals surface area contributed by atoms with Crippen LogP contribution in [0, 0.1) is 5.92 Å². The monoisotopic (exact) mass is 282 g/mol. The van der Waals surface area contributed by atoms with Gasteiger partial charge in [-0.2, -0.15) is 0 Å². The Hall–Kier alpha value is -0.770. The van der Waals surface area contributed by atoms with Gasteiger partial charge in [0.05, 0.1) is 0 Å². The highest BCUT2D eigenvalue weighted by atomic mass is 16.6. The Labute approximate surface area is 123 Å². The van der Waals surface area contributed by atoms with Gasteiger partial charge in [-0.15, -0.1) is 0 Å². The zero-order valence-corrected chi connectivity index (χ0v) is 13.5. The van der Waals surface area contributed by atoms with E-state index >= 15 is 0 Å². The molecule has 0 bridgehead atoms. The van der Waals surface area contributed by atoms with Gasteiger partial charge in [0.25, 0.3) is 0 Å². The molecule has 1 saturated heterocycles. The molecule has 1 aliphatic heterocycles. The molecule has 1 amide bonds. The first-order valence-electron chi connectivity index (χ1n) is 8.07. The molecule has 116 valence electrons. The molecule has 0 atom stereocenters. The van der Waals surface area contributed by atoms with Crippen molar-refractivity contribution in [2.24, 2.45) is 5.92 Å². The Morgan fingerprint density at radius 2 is 1.55 bits per heavy atom. The zero-order valence-electron chi connectivity index (χ0n) is 13.5. The Bertz CT molecular complexity index is 322. The first-order chi connectivity index (χ1) is 9.35. The van der Waals surface area contributed by atoms with Crippen LogP contribution >= 0.6 is 0 Å². The van der Waals surface area contributed by atoms with Gasteiger partial charge < -0.3 is 9.64 Å². The van der Waals surface area contributed by atoms with Crippen LogP contribution in [0.3, 0.4) is 0 Å². The molecule has 1 saturated carbocycles. The molecule has 0 radical (unpaired) electrons. The number of amides is 1. The molecule has 1 heterocycles. The van der Waals surface area contributed by atoms with E-state index in [2.05, 4.69) is 11.8 Å². The van der Waals surface area contributed by atoms with Crippen LogP contribution in [0.4, 0.5) is 4.79 Å². The number of piperazine rings is 1. The minimum atomic E-state index is -0.395. The maximum atomic E-state index is 12.0. The van der Waals surface area contributed by atoms with E-state index in [0.29, 0.717) is 0 Å². The molecule has 2 fully saturated rings. The van der Waals surface area contributed by atoms with E-state index in [-0.39, 0.29) is 6.09 Å². The lowest BCUT2D eigenvalue weighted by Crippen LogP contribution is -2.53. The van der Waals surface area contributed by atoms with Gasteiger partial charge >= 0.3 is 6.09 Å². The SMILES string of the molecule is CC(C)(C)OC(=O)N1CCN([C@H]2CC[C@@H](C)CC2)CC1. The summed E-state index contributed by atoms with van der Waals surface area (Å²) >= 11 is 0. The van der Waals surface area contributed by atoms with E-state index in [9.17, 15) is 4.79 Å². The van der Waals surface area contributed by atoms with Crippen molar-refractivity contribution >= 4 is 6.09 Å². The number of rotatable bonds is 1. The first kappa shape index (κ1) is 15.6. The van der Waals surface area contributed by atoms with Crippen LogP contribution in [0.5, 0.6) is 0 Å². The van der Waals surface area contributed by atoms with Gasteiger partial charge in [-0.1, -0.05) is 6.92 Å². The van der Waals surface area contributed by atoms with Crippen LogP contribution in [0.2, 0.25) is 0 Å². The molecule has 0 N–H and O–H groups in total. The highest BCUT2D eigenvalue weighted by Gasteiger charge is 2.30. The van der Waals surface area contributed by atoms with Gasteiger partial charge in [-0.3, -0.25) is 4.90 Å². The van der Waals surface area contributed by atoms with Crippen LogP contribution in [0.15, 0.2) is 0 Å². The maximum Gasteiger partial charge on any atom is 0.410 e. The van der Waals surface area contributed by atoms with Gasteiger partial charge in [0.15, 0.2) is 0 Å². The summed E-state index contributed by atoms with van der Waals surface area (Å²) in [6.45, 7) is 11.7. The van der Waals surface area contributed by atoms with Crippen molar-refractivity contribution in [2.45, 2.75) is 65.0 Å². The van der Waals surface area contributed by atoms with Crippen LogP contribution in [-0.2, 0) is 4.74 Å². The molecule has 4 heteroatoms. The fourth-order valence-corrected chi connectivity index (χ4v) is 3.20. The average molecular weight is 282 g/mol. The summed E-state index contributed by atoms with van der Waals surface area (Å²) in [4.78, 5) is 16.5. The number of hydrogen-bond acceptors (Lipinski definition) is 3. The Morgan fingerprint density at radius 3 is 2.05 bits per heavy atom. The second kappa shape index (κ2) is 6.33.